The second-order valence-electron chi connectivity index (χ2n) is 5.07. The summed E-state index contributed by atoms with van der Waals surface area (Å²) in [7, 11) is -2.74. The molecule has 2 aromatic carbocycles. The lowest BCUT2D eigenvalue weighted by molar-refractivity contribution is 0.0890. The molecule has 124 valence electrons. The van der Waals surface area contributed by atoms with Crippen LogP contribution in [0.25, 0.3) is 0 Å². The monoisotopic (exact) mass is 384 g/mol. The minimum absolute atomic E-state index is 0.0403. The summed E-state index contributed by atoms with van der Waals surface area (Å²) in [5.41, 5.74) is 0.465. The van der Waals surface area contributed by atoms with Crippen LogP contribution in [0, 0.1) is 0 Å². The zero-order chi connectivity index (χ0) is 17.6. The van der Waals surface area contributed by atoms with Crippen LogP contribution in [0.4, 0.5) is 5.69 Å². The Balaban J connectivity index is 1.96. The van der Waals surface area contributed by atoms with Gasteiger partial charge in [0.05, 0.1) is 16.3 Å². The standard InChI is InChI=1S/C15H10Cl2N2O4S/c1-19-15(21)10-4-2-8(6-13(10)24(19,22)23)14(20)18-12-5-3-9(16)7-11(12)17/h2-7H,1H3,(H,18,20). The van der Waals surface area contributed by atoms with Crippen molar-refractivity contribution < 1.29 is 18.0 Å². The summed E-state index contributed by atoms with van der Waals surface area (Å²) >= 11 is 11.8. The molecule has 2 aromatic rings. The molecule has 0 radical (unpaired) electrons. The number of hydrogen-bond acceptors (Lipinski definition) is 4. The van der Waals surface area contributed by atoms with Crippen molar-refractivity contribution >= 4 is 50.7 Å². The fourth-order valence-electron chi connectivity index (χ4n) is 2.27. The quantitative estimate of drug-likeness (QED) is 0.862. The summed E-state index contributed by atoms with van der Waals surface area (Å²) in [6.45, 7) is 0. The number of amides is 2. The maximum atomic E-state index is 12.3. The predicted molar refractivity (Wildman–Crippen MR) is 90.1 cm³/mol. The number of carbonyl (C=O) groups excluding carboxylic acids is 2. The van der Waals surface area contributed by atoms with Gasteiger partial charge in [0.15, 0.2) is 0 Å². The summed E-state index contributed by atoms with van der Waals surface area (Å²) in [6.07, 6.45) is 0. The van der Waals surface area contributed by atoms with E-state index >= 15 is 0 Å². The molecule has 9 heteroatoms. The molecule has 1 aliphatic rings. The minimum Gasteiger partial charge on any atom is -0.321 e. The molecule has 0 spiro atoms. The molecular formula is C15H10Cl2N2O4S. The zero-order valence-corrected chi connectivity index (χ0v) is 14.5. The van der Waals surface area contributed by atoms with Gasteiger partial charge in [-0.05, 0) is 36.4 Å². The first-order chi connectivity index (χ1) is 11.2. The topological polar surface area (TPSA) is 83.6 Å². The fraction of sp³-hybridized carbons (Fsp3) is 0.0667. The highest BCUT2D eigenvalue weighted by molar-refractivity contribution is 7.90. The molecule has 0 unspecified atom stereocenters. The van der Waals surface area contributed by atoms with Crippen molar-refractivity contribution in [3.8, 4) is 0 Å². The Morgan fingerprint density at radius 3 is 2.50 bits per heavy atom. The Labute approximate surface area is 148 Å². The summed E-state index contributed by atoms with van der Waals surface area (Å²) in [5.74, 6) is -1.18. The van der Waals surface area contributed by atoms with E-state index in [-0.39, 0.29) is 21.0 Å². The molecule has 0 aromatic heterocycles. The molecule has 0 aliphatic carbocycles. The average molecular weight is 385 g/mol. The smallest absolute Gasteiger partial charge is 0.268 e. The van der Waals surface area contributed by atoms with Gasteiger partial charge in [-0.15, -0.1) is 0 Å². The molecule has 0 atom stereocenters. The molecule has 1 aliphatic heterocycles. The van der Waals surface area contributed by atoms with Crippen LogP contribution in [0.1, 0.15) is 20.7 Å². The van der Waals surface area contributed by atoms with Gasteiger partial charge in [0, 0.05) is 17.6 Å². The maximum Gasteiger partial charge on any atom is 0.268 e. The van der Waals surface area contributed by atoms with E-state index in [4.69, 9.17) is 23.2 Å². The molecule has 1 heterocycles. The third-order valence-electron chi connectivity index (χ3n) is 3.58. The molecule has 0 bridgehead atoms. The van der Waals surface area contributed by atoms with E-state index < -0.39 is 21.8 Å². The lowest BCUT2D eigenvalue weighted by atomic mass is 10.1. The van der Waals surface area contributed by atoms with Crippen LogP contribution in [0.5, 0.6) is 0 Å². The van der Waals surface area contributed by atoms with Gasteiger partial charge in [-0.2, -0.15) is 0 Å². The second-order valence-corrected chi connectivity index (χ2v) is 7.85. The first-order valence-electron chi connectivity index (χ1n) is 6.65. The van der Waals surface area contributed by atoms with Crippen LogP contribution in [0.15, 0.2) is 41.3 Å². The summed E-state index contributed by atoms with van der Waals surface area (Å²) in [6, 6.07) is 8.43. The number of anilines is 1. The normalized spacial score (nSPS) is 15.3. The molecular weight excluding hydrogens is 375 g/mol. The van der Waals surface area contributed by atoms with Crippen molar-refractivity contribution in [1.82, 2.24) is 4.31 Å². The number of carbonyl (C=O) groups is 2. The molecule has 6 nitrogen and oxygen atoms in total. The van der Waals surface area contributed by atoms with Gasteiger partial charge in [-0.1, -0.05) is 23.2 Å². The predicted octanol–water partition coefficient (Wildman–Crippen LogP) is 3.02. The van der Waals surface area contributed by atoms with Crippen molar-refractivity contribution in [1.29, 1.82) is 0 Å². The number of hydrogen-bond donors (Lipinski definition) is 1. The lowest BCUT2D eigenvalue weighted by Crippen LogP contribution is -2.24. The van der Waals surface area contributed by atoms with Crippen molar-refractivity contribution in [2.24, 2.45) is 0 Å². The van der Waals surface area contributed by atoms with E-state index in [1.54, 1.807) is 6.07 Å². The fourth-order valence-corrected chi connectivity index (χ4v) is 4.04. The third-order valence-corrected chi connectivity index (χ3v) is 5.91. The van der Waals surface area contributed by atoms with Crippen LogP contribution in [0.3, 0.4) is 0 Å². The van der Waals surface area contributed by atoms with E-state index in [0.717, 1.165) is 0 Å². The molecule has 0 saturated heterocycles. The summed E-state index contributed by atoms with van der Waals surface area (Å²) in [5, 5.41) is 3.24. The van der Waals surface area contributed by atoms with Crippen molar-refractivity contribution in [3.63, 3.8) is 0 Å². The van der Waals surface area contributed by atoms with Crippen LogP contribution in [0.2, 0.25) is 10.0 Å². The number of nitrogens with one attached hydrogen (secondary N) is 1. The van der Waals surface area contributed by atoms with Crippen LogP contribution < -0.4 is 5.32 Å². The summed E-state index contributed by atoms with van der Waals surface area (Å²) in [4.78, 5) is 24.0. The Morgan fingerprint density at radius 2 is 1.83 bits per heavy atom. The highest BCUT2D eigenvalue weighted by atomic mass is 35.5. The first-order valence-corrected chi connectivity index (χ1v) is 8.85. The number of sulfonamides is 1. The SMILES string of the molecule is CN1C(=O)c2ccc(C(=O)Nc3ccc(Cl)cc3Cl)cc2S1(=O)=O. The Hall–Kier alpha value is -2.09. The zero-order valence-electron chi connectivity index (χ0n) is 12.2. The molecule has 1 N–H and O–H groups in total. The first kappa shape index (κ1) is 16.8. The highest BCUT2D eigenvalue weighted by Crippen LogP contribution is 2.30. The van der Waals surface area contributed by atoms with E-state index in [2.05, 4.69) is 5.32 Å². The van der Waals surface area contributed by atoms with E-state index in [1.165, 1.54) is 37.4 Å². The molecule has 2 amide bonds. The summed E-state index contributed by atoms with van der Waals surface area (Å²) < 4.78 is 25.0. The number of rotatable bonds is 2. The number of nitrogens with zero attached hydrogens (tertiary/aromatic N) is 1. The second kappa shape index (κ2) is 5.77. The average Bonchev–Trinajstić information content (AvgIpc) is 2.71. The van der Waals surface area contributed by atoms with Gasteiger partial charge in [0.2, 0.25) is 0 Å². The van der Waals surface area contributed by atoms with Gasteiger partial charge >= 0.3 is 0 Å². The van der Waals surface area contributed by atoms with Gasteiger partial charge in [-0.25, -0.2) is 12.7 Å². The van der Waals surface area contributed by atoms with Gasteiger partial charge in [0.25, 0.3) is 21.8 Å². The number of fused-ring (bicyclic) bond motifs is 1. The Bertz CT molecular complexity index is 989. The van der Waals surface area contributed by atoms with Gasteiger partial charge in [0.1, 0.15) is 4.90 Å². The third kappa shape index (κ3) is 2.64. The Kier molecular flexibility index (Phi) is 4.03. The number of benzene rings is 2. The van der Waals surface area contributed by atoms with E-state index in [9.17, 15) is 18.0 Å². The maximum absolute atomic E-state index is 12.3. The van der Waals surface area contributed by atoms with Crippen LogP contribution >= 0.6 is 23.2 Å². The van der Waals surface area contributed by atoms with Gasteiger partial charge < -0.3 is 5.32 Å². The van der Waals surface area contributed by atoms with Crippen molar-refractivity contribution in [2.45, 2.75) is 4.90 Å². The lowest BCUT2D eigenvalue weighted by Gasteiger charge is -2.08. The van der Waals surface area contributed by atoms with Crippen molar-refractivity contribution in [2.75, 3.05) is 12.4 Å². The van der Waals surface area contributed by atoms with E-state index in [1.807, 2.05) is 0 Å². The molecule has 0 fully saturated rings. The molecule has 24 heavy (non-hydrogen) atoms. The van der Waals surface area contributed by atoms with E-state index in [0.29, 0.717) is 15.0 Å². The largest absolute Gasteiger partial charge is 0.321 e. The molecule has 0 saturated carbocycles. The highest BCUT2D eigenvalue weighted by Gasteiger charge is 2.38. The van der Waals surface area contributed by atoms with Crippen molar-refractivity contribution in [3.05, 3.63) is 57.6 Å². The van der Waals surface area contributed by atoms with Crippen LogP contribution in [-0.2, 0) is 10.0 Å². The minimum atomic E-state index is -3.92. The van der Waals surface area contributed by atoms with Crippen LogP contribution in [-0.4, -0.2) is 31.6 Å². The molecule has 3 rings (SSSR count). The van der Waals surface area contributed by atoms with Gasteiger partial charge in [-0.3, -0.25) is 9.59 Å². The Morgan fingerprint density at radius 1 is 1.12 bits per heavy atom. The number of halogens is 2.